The summed E-state index contributed by atoms with van der Waals surface area (Å²) in [4.78, 5) is 38.4. The summed E-state index contributed by atoms with van der Waals surface area (Å²) >= 11 is 34.7. The molecule has 0 aliphatic carbocycles. The van der Waals surface area contributed by atoms with E-state index in [1.165, 1.54) is 13.2 Å². The second-order valence-corrected chi connectivity index (χ2v) is 11.1. The maximum atomic E-state index is 13.1. The van der Waals surface area contributed by atoms with Gasteiger partial charge in [-0.3, -0.25) is 19.3 Å². The summed E-state index contributed by atoms with van der Waals surface area (Å²) in [5.41, 5.74) is 0. The fourth-order valence-corrected chi connectivity index (χ4v) is 3.28. The minimum absolute atomic E-state index is 0.0104. The molecule has 0 saturated carbocycles. The molecule has 1 aliphatic rings. The second-order valence-electron chi connectivity index (χ2n) is 6.09. The van der Waals surface area contributed by atoms with Crippen molar-refractivity contribution in [1.29, 1.82) is 0 Å². The Morgan fingerprint density at radius 2 is 1.75 bits per heavy atom. The molecular formula is C16H20Cl6N2O4. The van der Waals surface area contributed by atoms with E-state index in [1.54, 1.807) is 6.92 Å². The highest BCUT2D eigenvalue weighted by Gasteiger charge is 2.42. The Kier molecular flexibility index (Phi) is 9.98. The van der Waals surface area contributed by atoms with E-state index in [2.05, 4.69) is 5.32 Å². The number of amides is 3. The molecule has 0 radical (unpaired) electrons. The zero-order valence-corrected chi connectivity index (χ0v) is 19.7. The van der Waals surface area contributed by atoms with E-state index in [1.807, 2.05) is 0 Å². The number of hydrogen-bond donors (Lipinski definition) is 1. The smallest absolute Gasteiger partial charge is 0.257 e. The van der Waals surface area contributed by atoms with Gasteiger partial charge >= 0.3 is 0 Å². The first kappa shape index (κ1) is 25.9. The molecule has 160 valence electrons. The summed E-state index contributed by atoms with van der Waals surface area (Å²) in [5, 5.41) is 2.56. The van der Waals surface area contributed by atoms with Crippen molar-refractivity contribution < 1.29 is 19.1 Å². The number of alkyl halides is 6. The zero-order valence-electron chi connectivity index (χ0n) is 15.1. The Morgan fingerprint density at radius 3 is 2.21 bits per heavy atom. The number of imide groups is 1. The lowest BCUT2D eigenvalue weighted by molar-refractivity contribution is -0.146. The first-order valence-corrected chi connectivity index (χ1v) is 10.6. The number of nitrogens with zero attached hydrogens (tertiary/aromatic N) is 1. The van der Waals surface area contributed by atoms with Gasteiger partial charge in [0.2, 0.25) is 5.91 Å². The predicted octanol–water partition coefficient (Wildman–Crippen LogP) is 4.45. The molecule has 0 spiro atoms. The van der Waals surface area contributed by atoms with Crippen LogP contribution in [0.5, 0.6) is 0 Å². The van der Waals surface area contributed by atoms with Gasteiger partial charge in [-0.2, -0.15) is 0 Å². The van der Waals surface area contributed by atoms with Crippen LogP contribution in [0.25, 0.3) is 0 Å². The summed E-state index contributed by atoms with van der Waals surface area (Å²) in [5.74, 6) is -1.37. The number of carbonyl (C=O) groups excluding carboxylic acids is 3. The number of nitrogens with one attached hydrogen (secondary N) is 1. The normalized spacial score (nSPS) is 18.7. The molecule has 0 aromatic rings. The molecule has 0 bridgehead atoms. The van der Waals surface area contributed by atoms with E-state index in [9.17, 15) is 14.4 Å². The van der Waals surface area contributed by atoms with Crippen LogP contribution in [0, 0.1) is 0 Å². The quantitative estimate of drug-likeness (QED) is 0.484. The van der Waals surface area contributed by atoms with Crippen LogP contribution in [0.2, 0.25) is 0 Å². The number of methoxy groups -OCH3 is 1. The predicted molar refractivity (Wildman–Crippen MR) is 112 cm³/mol. The molecule has 0 aromatic heterocycles. The van der Waals surface area contributed by atoms with Gasteiger partial charge in [0.05, 0.1) is 13.2 Å². The maximum Gasteiger partial charge on any atom is 0.257 e. The van der Waals surface area contributed by atoms with Crippen molar-refractivity contribution in [1.82, 2.24) is 10.2 Å². The Hall–Kier alpha value is -0.110. The van der Waals surface area contributed by atoms with Gasteiger partial charge in [0.1, 0.15) is 11.8 Å². The molecule has 2 atom stereocenters. The number of carbonyl (C=O) groups is 3. The molecule has 0 saturated heterocycles. The lowest BCUT2D eigenvalue weighted by Crippen LogP contribution is -2.52. The van der Waals surface area contributed by atoms with Crippen LogP contribution in [-0.4, -0.2) is 49.4 Å². The molecule has 0 fully saturated rings. The highest BCUT2D eigenvalue weighted by Crippen LogP contribution is 2.36. The maximum absolute atomic E-state index is 13.1. The number of hydrogen-bond acceptors (Lipinski definition) is 4. The molecule has 0 aromatic carbocycles. The van der Waals surface area contributed by atoms with Crippen LogP contribution in [-0.2, 0) is 19.1 Å². The van der Waals surface area contributed by atoms with Crippen LogP contribution in [0.4, 0.5) is 0 Å². The number of rotatable bonds is 8. The molecule has 1 N–H and O–H groups in total. The van der Waals surface area contributed by atoms with Gasteiger partial charge in [0, 0.05) is 12.5 Å². The van der Waals surface area contributed by atoms with Gasteiger partial charge in [-0.25, -0.2) is 0 Å². The third-order valence-corrected chi connectivity index (χ3v) is 5.12. The molecular weight excluding hydrogens is 497 g/mol. The molecule has 28 heavy (non-hydrogen) atoms. The standard InChI is InChI=1S/C16H20Cl6N2O4/c1-3-12(25)23-9(4-6-15(17,18)19)14(27)24-10(5-7-16(20,21)22)11(28-2)8-13(24)26/h8-10H,3-7H2,1-2H3,(H,23,25)/t9?,10-/m0/s1. The van der Waals surface area contributed by atoms with Crippen molar-refractivity contribution in [2.75, 3.05) is 7.11 Å². The van der Waals surface area contributed by atoms with Gasteiger partial charge < -0.3 is 10.1 Å². The monoisotopic (exact) mass is 514 g/mol. The van der Waals surface area contributed by atoms with E-state index >= 15 is 0 Å². The minimum Gasteiger partial charge on any atom is -0.499 e. The van der Waals surface area contributed by atoms with Crippen molar-refractivity contribution in [2.45, 2.75) is 58.7 Å². The van der Waals surface area contributed by atoms with Gasteiger partial charge in [0.15, 0.2) is 7.59 Å². The Balaban J connectivity index is 3.07. The van der Waals surface area contributed by atoms with Crippen molar-refractivity contribution in [3.8, 4) is 0 Å². The average molecular weight is 517 g/mol. The first-order chi connectivity index (χ1) is 12.8. The molecule has 1 rings (SSSR count). The van der Waals surface area contributed by atoms with Crippen LogP contribution in [0.3, 0.4) is 0 Å². The fraction of sp³-hybridized carbons (Fsp3) is 0.688. The van der Waals surface area contributed by atoms with Crippen molar-refractivity contribution in [2.24, 2.45) is 0 Å². The van der Waals surface area contributed by atoms with Crippen LogP contribution in [0.1, 0.15) is 39.0 Å². The van der Waals surface area contributed by atoms with Crippen LogP contribution in [0.15, 0.2) is 11.8 Å². The van der Waals surface area contributed by atoms with Gasteiger partial charge in [-0.15, -0.1) is 0 Å². The summed E-state index contributed by atoms with van der Waals surface area (Å²) < 4.78 is 2.02. The lowest BCUT2D eigenvalue weighted by atomic mass is 10.1. The molecule has 12 heteroatoms. The zero-order chi connectivity index (χ0) is 21.7. The van der Waals surface area contributed by atoms with E-state index in [0.29, 0.717) is 0 Å². The van der Waals surface area contributed by atoms with E-state index in [4.69, 9.17) is 74.3 Å². The van der Waals surface area contributed by atoms with Gasteiger partial charge in [-0.1, -0.05) is 76.5 Å². The van der Waals surface area contributed by atoms with E-state index in [-0.39, 0.29) is 43.8 Å². The summed E-state index contributed by atoms with van der Waals surface area (Å²) in [6.07, 6.45) is 1.57. The summed E-state index contributed by atoms with van der Waals surface area (Å²) in [7, 11) is 1.37. The molecule has 1 unspecified atom stereocenters. The molecule has 6 nitrogen and oxygen atoms in total. The third-order valence-electron chi connectivity index (χ3n) is 3.99. The fourth-order valence-electron chi connectivity index (χ4n) is 2.63. The molecule has 3 amide bonds. The minimum atomic E-state index is -1.62. The van der Waals surface area contributed by atoms with Crippen molar-refractivity contribution in [3.63, 3.8) is 0 Å². The lowest BCUT2D eigenvalue weighted by Gasteiger charge is -2.30. The van der Waals surface area contributed by atoms with Crippen LogP contribution >= 0.6 is 69.6 Å². The first-order valence-electron chi connectivity index (χ1n) is 8.34. The largest absolute Gasteiger partial charge is 0.499 e. The Labute approximate surface area is 193 Å². The summed E-state index contributed by atoms with van der Waals surface area (Å²) in [6, 6.07) is -1.83. The topological polar surface area (TPSA) is 75.7 Å². The van der Waals surface area contributed by atoms with Crippen molar-refractivity contribution in [3.05, 3.63) is 11.8 Å². The van der Waals surface area contributed by atoms with Gasteiger partial charge in [0.25, 0.3) is 11.8 Å². The molecule has 1 heterocycles. The van der Waals surface area contributed by atoms with Crippen molar-refractivity contribution >= 4 is 87.3 Å². The Bertz CT molecular complexity index is 630. The SMILES string of the molecule is CCC(=O)NC(CCC(Cl)(Cl)Cl)C(=O)N1C(=O)C=C(OC)[C@@H]1CCC(Cl)(Cl)Cl. The number of ether oxygens (including phenoxy) is 1. The van der Waals surface area contributed by atoms with Crippen LogP contribution < -0.4 is 5.32 Å². The Morgan fingerprint density at radius 1 is 1.18 bits per heavy atom. The third kappa shape index (κ3) is 8.33. The van der Waals surface area contributed by atoms with E-state index in [0.717, 1.165) is 4.90 Å². The van der Waals surface area contributed by atoms with Gasteiger partial charge in [-0.05, 0) is 25.7 Å². The average Bonchev–Trinajstić information content (AvgIpc) is 2.89. The highest BCUT2D eigenvalue weighted by molar-refractivity contribution is 6.67. The highest BCUT2D eigenvalue weighted by atomic mass is 35.6. The number of halogens is 6. The van der Waals surface area contributed by atoms with E-state index < -0.39 is 31.5 Å². The summed E-state index contributed by atoms with van der Waals surface area (Å²) in [6.45, 7) is 1.63. The molecule has 1 aliphatic heterocycles. The second kappa shape index (κ2) is 10.8.